The summed E-state index contributed by atoms with van der Waals surface area (Å²) in [6, 6.07) is 30.4. The maximum Gasteiger partial charge on any atom is 0.198 e. The fourth-order valence-electron chi connectivity index (χ4n) is 7.62. The summed E-state index contributed by atoms with van der Waals surface area (Å²) in [4.78, 5) is 43.9. The molecule has 0 N–H and O–H groups in total. The van der Waals surface area contributed by atoms with E-state index in [1.807, 2.05) is 54.6 Å². The second-order valence-electron chi connectivity index (χ2n) is 12.9. The third kappa shape index (κ3) is 4.73. The van der Waals surface area contributed by atoms with Crippen LogP contribution in [0, 0.1) is 20.8 Å². The smallest absolute Gasteiger partial charge is 0.198 e. The highest BCUT2D eigenvalue weighted by Gasteiger charge is 2.31. The number of hydrogen-bond acceptors (Lipinski definition) is 9. The van der Waals surface area contributed by atoms with Gasteiger partial charge in [0.25, 0.3) is 0 Å². The first kappa shape index (κ1) is 31.3. The van der Waals surface area contributed by atoms with Crippen molar-refractivity contribution in [3.63, 3.8) is 0 Å². The molecule has 4 aromatic carbocycles. The summed E-state index contributed by atoms with van der Waals surface area (Å²) in [6.07, 6.45) is 10.1. The number of aromatic nitrogens is 12. The van der Waals surface area contributed by atoms with Crippen LogP contribution in [-0.4, -0.2) is 58.6 Å². The predicted molar refractivity (Wildman–Crippen MR) is 208 cm³/mol. The van der Waals surface area contributed by atoms with E-state index in [2.05, 4.69) is 85.8 Å². The standard InChI is InChI=1S/C42H30N12/c1-25-31(37-49-34-40(46-22-19-43-34)52(37)28-13-7-4-8-14-28)26(2)33(39-51-36-42(48-24-21-45-36)54(39)30-17-11-6-12-18-30)27(3)32(25)38-50-35-41(47-23-20-44-35)53(38)29-15-9-5-10-16-29/h4-24H,1-3H3. The third-order valence-electron chi connectivity index (χ3n) is 9.85. The van der Waals surface area contributed by atoms with Crippen molar-refractivity contribution in [1.29, 1.82) is 0 Å². The van der Waals surface area contributed by atoms with Gasteiger partial charge in [-0.25, -0.2) is 44.9 Å². The quantitative estimate of drug-likeness (QED) is 0.169. The molecule has 6 aromatic heterocycles. The topological polar surface area (TPSA) is 131 Å². The minimum absolute atomic E-state index is 0.536. The Morgan fingerprint density at radius 3 is 0.870 bits per heavy atom. The van der Waals surface area contributed by atoms with Gasteiger partial charge in [0.1, 0.15) is 17.5 Å². The molecule has 10 aromatic rings. The van der Waals surface area contributed by atoms with Crippen molar-refractivity contribution in [3.05, 3.63) is 145 Å². The van der Waals surface area contributed by atoms with E-state index in [9.17, 15) is 0 Å². The molecular formula is C42H30N12. The molecule has 0 aliphatic heterocycles. The van der Waals surface area contributed by atoms with E-state index in [0.29, 0.717) is 51.4 Å². The summed E-state index contributed by atoms with van der Waals surface area (Å²) in [5, 5.41) is 0. The Hall–Kier alpha value is -7.47. The largest absolute Gasteiger partial charge is 0.275 e. The Balaban J connectivity index is 1.39. The molecule has 0 aliphatic rings. The van der Waals surface area contributed by atoms with Gasteiger partial charge in [-0.3, -0.25) is 13.7 Å². The van der Waals surface area contributed by atoms with Gasteiger partial charge in [0.05, 0.1) is 0 Å². The monoisotopic (exact) mass is 702 g/mol. The third-order valence-corrected chi connectivity index (χ3v) is 9.85. The molecule has 10 rings (SSSR count). The Morgan fingerprint density at radius 2 is 0.593 bits per heavy atom. The number of imidazole rings is 3. The summed E-state index contributed by atoms with van der Waals surface area (Å²) in [5.41, 5.74) is 11.9. The SMILES string of the molecule is Cc1c(-c2nc3nccnc3n2-c2ccccc2)c(C)c(-c2nc3nccnc3n2-c2ccccc2)c(C)c1-c1nc2nccnc2n1-c1ccccc1. The van der Waals surface area contributed by atoms with E-state index in [4.69, 9.17) is 29.9 Å². The van der Waals surface area contributed by atoms with Crippen molar-refractivity contribution in [3.8, 4) is 51.2 Å². The van der Waals surface area contributed by atoms with Crippen LogP contribution in [0.15, 0.2) is 128 Å². The molecule has 12 nitrogen and oxygen atoms in total. The van der Waals surface area contributed by atoms with Crippen molar-refractivity contribution < 1.29 is 0 Å². The maximum absolute atomic E-state index is 5.21. The molecule has 6 heterocycles. The zero-order valence-corrected chi connectivity index (χ0v) is 29.5. The molecule has 0 radical (unpaired) electrons. The fraction of sp³-hybridized carbons (Fsp3) is 0.0714. The van der Waals surface area contributed by atoms with Crippen LogP contribution in [0.4, 0.5) is 0 Å². The second kappa shape index (κ2) is 12.3. The van der Waals surface area contributed by atoms with Crippen LogP contribution in [0.25, 0.3) is 85.1 Å². The average molecular weight is 703 g/mol. The van der Waals surface area contributed by atoms with Crippen molar-refractivity contribution in [2.75, 3.05) is 0 Å². The van der Waals surface area contributed by atoms with Gasteiger partial charge in [0.15, 0.2) is 33.9 Å². The molecule has 0 aliphatic carbocycles. The first-order valence-corrected chi connectivity index (χ1v) is 17.5. The van der Waals surface area contributed by atoms with Crippen LogP contribution < -0.4 is 0 Å². The summed E-state index contributed by atoms with van der Waals surface area (Å²) < 4.78 is 6.23. The van der Waals surface area contributed by atoms with Crippen LogP contribution in [0.2, 0.25) is 0 Å². The van der Waals surface area contributed by atoms with Gasteiger partial charge >= 0.3 is 0 Å². The van der Waals surface area contributed by atoms with Crippen LogP contribution in [0.5, 0.6) is 0 Å². The molecule has 0 unspecified atom stereocenters. The molecule has 54 heavy (non-hydrogen) atoms. The van der Waals surface area contributed by atoms with Crippen molar-refractivity contribution in [2.24, 2.45) is 0 Å². The molecule has 258 valence electrons. The number of fused-ring (bicyclic) bond motifs is 3. The molecule has 12 heteroatoms. The number of benzene rings is 4. The lowest BCUT2D eigenvalue weighted by Gasteiger charge is -2.23. The van der Waals surface area contributed by atoms with Gasteiger partial charge in [0.2, 0.25) is 0 Å². The van der Waals surface area contributed by atoms with Gasteiger partial charge in [-0.1, -0.05) is 54.6 Å². The predicted octanol–water partition coefficient (Wildman–Crippen LogP) is 8.00. The molecule has 0 bridgehead atoms. The maximum atomic E-state index is 5.21. The zero-order valence-electron chi connectivity index (χ0n) is 29.5. The molecule has 0 fully saturated rings. The van der Waals surface area contributed by atoms with E-state index < -0.39 is 0 Å². The van der Waals surface area contributed by atoms with Crippen LogP contribution >= 0.6 is 0 Å². The van der Waals surface area contributed by atoms with E-state index in [1.54, 1.807) is 37.2 Å². The zero-order chi connectivity index (χ0) is 36.3. The van der Waals surface area contributed by atoms with E-state index in [0.717, 1.165) is 50.4 Å². The average Bonchev–Trinajstić information content (AvgIpc) is 3.90. The highest BCUT2D eigenvalue weighted by atomic mass is 15.2. The first-order valence-electron chi connectivity index (χ1n) is 17.5. The highest BCUT2D eigenvalue weighted by molar-refractivity contribution is 5.93. The number of nitrogens with zero attached hydrogens (tertiary/aromatic N) is 12. The van der Waals surface area contributed by atoms with Crippen LogP contribution in [0.3, 0.4) is 0 Å². The van der Waals surface area contributed by atoms with E-state index >= 15 is 0 Å². The number of para-hydroxylation sites is 3. The fourth-order valence-corrected chi connectivity index (χ4v) is 7.62. The van der Waals surface area contributed by atoms with Crippen molar-refractivity contribution in [2.45, 2.75) is 20.8 Å². The Kier molecular flexibility index (Phi) is 7.15. The summed E-state index contributed by atoms with van der Waals surface area (Å²) >= 11 is 0. The lowest BCUT2D eigenvalue weighted by molar-refractivity contribution is 1.04. The molecule has 0 saturated carbocycles. The molecule has 0 saturated heterocycles. The van der Waals surface area contributed by atoms with E-state index in [1.165, 1.54) is 0 Å². The normalized spacial score (nSPS) is 11.6. The number of rotatable bonds is 6. The van der Waals surface area contributed by atoms with E-state index in [-0.39, 0.29) is 0 Å². The van der Waals surface area contributed by atoms with Crippen molar-refractivity contribution in [1.82, 2.24) is 58.6 Å². The molecular weight excluding hydrogens is 673 g/mol. The Labute approximate surface area is 308 Å². The van der Waals surface area contributed by atoms with Gasteiger partial charge in [-0.05, 0) is 73.9 Å². The lowest BCUT2D eigenvalue weighted by Crippen LogP contribution is -2.09. The van der Waals surface area contributed by atoms with Crippen molar-refractivity contribution >= 4 is 33.9 Å². The molecule has 0 spiro atoms. The molecule has 0 amide bonds. The van der Waals surface area contributed by atoms with Gasteiger partial charge in [0, 0.05) is 70.9 Å². The lowest BCUT2D eigenvalue weighted by atomic mass is 9.86. The highest BCUT2D eigenvalue weighted by Crippen LogP contribution is 2.45. The Morgan fingerprint density at radius 1 is 0.333 bits per heavy atom. The minimum atomic E-state index is 0.536. The van der Waals surface area contributed by atoms with Gasteiger partial charge in [-0.2, -0.15) is 0 Å². The minimum Gasteiger partial charge on any atom is -0.275 e. The number of hydrogen-bond donors (Lipinski definition) is 0. The van der Waals surface area contributed by atoms with Crippen LogP contribution in [0.1, 0.15) is 16.7 Å². The summed E-state index contributed by atoms with van der Waals surface area (Å²) in [7, 11) is 0. The molecule has 0 atom stereocenters. The second-order valence-corrected chi connectivity index (χ2v) is 12.9. The summed E-state index contributed by atoms with van der Waals surface area (Å²) in [5.74, 6) is 2.08. The first-order chi connectivity index (χ1) is 26.6. The van der Waals surface area contributed by atoms with Gasteiger partial charge < -0.3 is 0 Å². The van der Waals surface area contributed by atoms with Crippen LogP contribution in [-0.2, 0) is 0 Å². The summed E-state index contributed by atoms with van der Waals surface area (Å²) in [6.45, 7) is 6.38. The van der Waals surface area contributed by atoms with Gasteiger partial charge in [-0.15, -0.1) is 0 Å². The Bertz CT molecular complexity index is 2670.